The molecule has 1 aromatic heterocycles. The molecule has 4 nitrogen and oxygen atoms in total. The fourth-order valence-corrected chi connectivity index (χ4v) is 2.20. The summed E-state index contributed by atoms with van der Waals surface area (Å²) in [7, 11) is 0. The zero-order valence-corrected chi connectivity index (χ0v) is 13.4. The fraction of sp³-hybridized carbons (Fsp3) is 0.438. The second-order valence-corrected chi connectivity index (χ2v) is 5.97. The van der Waals surface area contributed by atoms with Crippen LogP contribution in [0, 0.1) is 0 Å². The third-order valence-electron chi connectivity index (χ3n) is 3.36. The van der Waals surface area contributed by atoms with E-state index in [1.807, 2.05) is 42.1 Å². The van der Waals surface area contributed by atoms with Gasteiger partial charge in [-0.3, -0.25) is 4.68 Å². The van der Waals surface area contributed by atoms with Crippen molar-refractivity contribution in [3.05, 3.63) is 47.2 Å². The maximum Gasteiger partial charge on any atom is 0.121 e. The van der Waals surface area contributed by atoms with Crippen molar-refractivity contribution in [2.45, 2.75) is 45.4 Å². The lowest BCUT2D eigenvalue weighted by molar-refractivity contribution is 0.188. The number of benzene rings is 1. The Morgan fingerprint density at radius 3 is 2.67 bits per heavy atom. The molecule has 0 saturated carbocycles. The molecule has 0 aliphatic rings. The van der Waals surface area contributed by atoms with Gasteiger partial charge in [0.2, 0.25) is 0 Å². The van der Waals surface area contributed by atoms with Gasteiger partial charge in [0.25, 0.3) is 0 Å². The summed E-state index contributed by atoms with van der Waals surface area (Å²) < 4.78 is 7.77. The molecular weight excluding hydrogens is 286 g/mol. The molecule has 0 amide bonds. The molecule has 0 fully saturated rings. The number of aromatic nitrogens is 2. The van der Waals surface area contributed by atoms with Gasteiger partial charge in [0.1, 0.15) is 11.9 Å². The first kappa shape index (κ1) is 15.9. The molecule has 0 bridgehead atoms. The van der Waals surface area contributed by atoms with Gasteiger partial charge in [-0.25, -0.2) is 0 Å². The maximum absolute atomic E-state index is 6.21. The summed E-state index contributed by atoms with van der Waals surface area (Å²) in [5.41, 5.74) is 7.20. The predicted molar refractivity (Wildman–Crippen MR) is 85.8 cm³/mol. The second-order valence-electron chi connectivity index (χ2n) is 5.53. The van der Waals surface area contributed by atoms with Crippen LogP contribution in [0.5, 0.6) is 5.75 Å². The van der Waals surface area contributed by atoms with Gasteiger partial charge in [0.05, 0.1) is 5.69 Å². The quantitative estimate of drug-likeness (QED) is 0.889. The maximum atomic E-state index is 6.21. The zero-order valence-electron chi connectivity index (χ0n) is 12.7. The predicted octanol–water partition coefficient (Wildman–Crippen LogP) is 3.45. The van der Waals surface area contributed by atoms with E-state index in [1.165, 1.54) is 0 Å². The van der Waals surface area contributed by atoms with Crippen molar-refractivity contribution in [3.63, 3.8) is 0 Å². The average Bonchev–Trinajstić information content (AvgIpc) is 2.87. The number of hydrogen-bond donors (Lipinski definition) is 1. The molecule has 2 atom stereocenters. The van der Waals surface area contributed by atoms with Crippen LogP contribution in [-0.4, -0.2) is 21.9 Å². The number of halogens is 1. The van der Waals surface area contributed by atoms with E-state index in [4.69, 9.17) is 22.1 Å². The van der Waals surface area contributed by atoms with Crippen molar-refractivity contribution in [2.24, 2.45) is 5.73 Å². The molecule has 0 aliphatic heterocycles. The summed E-state index contributed by atoms with van der Waals surface area (Å²) in [4.78, 5) is 0. The zero-order chi connectivity index (χ0) is 15.4. The first-order valence-corrected chi connectivity index (χ1v) is 7.55. The highest BCUT2D eigenvalue weighted by atomic mass is 35.5. The first-order chi connectivity index (χ1) is 9.95. The normalized spacial score (nSPS) is 14.2. The van der Waals surface area contributed by atoms with Crippen LogP contribution in [0.25, 0.3) is 0 Å². The number of rotatable bonds is 6. The standard InChI is InChI=1S/C16H22ClN3O/c1-11(2)20-8-7-14(19-20)10-16(18)12(3)21-15-6-4-5-13(17)9-15/h4-9,11-12,16H,10,18H2,1-3H3. The van der Waals surface area contributed by atoms with Crippen LogP contribution in [0.2, 0.25) is 5.02 Å². The Labute approximate surface area is 130 Å². The summed E-state index contributed by atoms with van der Waals surface area (Å²) in [5.74, 6) is 0.734. The second kappa shape index (κ2) is 6.96. The van der Waals surface area contributed by atoms with Gasteiger partial charge in [-0.15, -0.1) is 0 Å². The summed E-state index contributed by atoms with van der Waals surface area (Å²) >= 11 is 5.95. The van der Waals surface area contributed by atoms with Crippen LogP contribution in [-0.2, 0) is 6.42 Å². The van der Waals surface area contributed by atoms with Gasteiger partial charge < -0.3 is 10.5 Å². The molecular formula is C16H22ClN3O. The van der Waals surface area contributed by atoms with E-state index in [-0.39, 0.29) is 12.1 Å². The highest BCUT2D eigenvalue weighted by molar-refractivity contribution is 6.30. The molecule has 0 saturated heterocycles. The lowest BCUT2D eigenvalue weighted by atomic mass is 10.1. The molecule has 2 aromatic rings. The Hall–Kier alpha value is -1.52. The molecule has 21 heavy (non-hydrogen) atoms. The third-order valence-corrected chi connectivity index (χ3v) is 3.59. The topological polar surface area (TPSA) is 53.1 Å². The van der Waals surface area contributed by atoms with Crippen molar-refractivity contribution in [1.82, 2.24) is 9.78 Å². The molecule has 1 heterocycles. The number of ether oxygens (including phenoxy) is 1. The van der Waals surface area contributed by atoms with E-state index in [1.54, 1.807) is 6.07 Å². The minimum atomic E-state index is -0.125. The van der Waals surface area contributed by atoms with Gasteiger partial charge in [0, 0.05) is 29.7 Å². The van der Waals surface area contributed by atoms with E-state index in [0.29, 0.717) is 17.5 Å². The van der Waals surface area contributed by atoms with E-state index in [9.17, 15) is 0 Å². The summed E-state index contributed by atoms with van der Waals surface area (Å²) in [5, 5.41) is 5.17. The summed E-state index contributed by atoms with van der Waals surface area (Å²) in [6.07, 6.45) is 2.55. The fourth-order valence-electron chi connectivity index (χ4n) is 2.02. The van der Waals surface area contributed by atoms with Crippen LogP contribution in [0.1, 0.15) is 32.5 Å². The molecule has 5 heteroatoms. The van der Waals surface area contributed by atoms with Crippen molar-refractivity contribution >= 4 is 11.6 Å². The monoisotopic (exact) mass is 307 g/mol. The minimum Gasteiger partial charge on any atom is -0.489 e. The van der Waals surface area contributed by atoms with Crippen molar-refractivity contribution < 1.29 is 4.74 Å². The Kier molecular flexibility index (Phi) is 5.26. The van der Waals surface area contributed by atoms with Crippen LogP contribution >= 0.6 is 11.6 Å². The largest absolute Gasteiger partial charge is 0.489 e. The Morgan fingerprint density at radius 2 is 2.05 bits per heavy atom. The Morgan fingerprint density at radius 1 is 1.29 bits per heavy atom. The van der Waals surface area contributed by atoms with Crippen LogP contribution < -0.4 is 10.5 Å². The lowest BCUT2D eigenvalue weighted by Gasteiger charge is -2.21. The Balaban J connectivity index is 1.94. The smallest absolute Gasteiger partial charge is 0.121 e. The van der Waals surface area contributed by atoms with Crippen molar-refractivity contribution in [1.29, 1.82) is 0 Å². The highest BCUT2D eigenvalue weighted by Gasteiger charge is 2.17. The minimum absolute atomic E-state index is 0.118. The van der Waals surface area contributed by atoms with Gasteiger partial charge in [-0.1, -0.05) is 17.7 Å². The first-order valence-electron chi connectivity index (χ1n) is 7.17. The molecule has 0 radical (unpaired) electrons. The van der Waals surface area contributed by atoms with Crippen LogP contribution in [0.4, 0.5) is 0 Å². The Bertz CT molecular complexity index is 582. The summed E-state index contributed by atoms with van der Waals surface area (Å²) in [6, 6.07) is 9.58. The average molecular weight is 308 g/mol. The van der Waals surface area contributed by atoms with Crippen LogP contribution in [0.3, 0.4) is 0 Å². The van der Waals surface area contributed by atoms with E-state index in [2.05, 4.69) is 18.9 Å². The van der Waals surface area contributed by atoms with E-state index >= 15 is 0 Å². The molecule has 0 aliphatic carbocycles. The lowest BCUT2D eigenvalue weighted by Crippen LogP contribution is -2.38. The SMILES string of the molecule is CC(Oc1cccc(Cl)c1)C(N)Cc1ccn(C(C)C)n1. The molecule has 114 valence electrons. The van der Waals surface area contributed by atoms with Gasteiger partial charge in [0.15, 0.2) is 0 Å². The summed E-state index contributed by atoms with van der Waals surface area (Å²) in [6.45, 7) is 6.16. The van der Waals surface area contributed by atoms with Crippen molar-refractivity contribution in [2.75, 3.05) is 0 Å². The van der Waals surface area contributed by atoms with Gasteiger partial charge in [-0.2, -0.15) is 5.10 Å². The van der Waals surface area contributed by atoms with Gasteiger partial charge >= 0.3 is 0 Å². The molecule has 2 rings (SSSR count). The molecule has 1 aromatic carbocycles. The van der Waals surface area contributed by atoms with E-state index < -0.39 is 0 Å². The third kappa shape index (κ3) is 4.48. The number of nitrogens with two attached hydrogens (primary N) is 1. The van der Waals surface area contributed by atoms with Gasteiger partial charge in [-0.05, 0) is 45.0 Å². The van der Waals surface area contributed by atoms with Crippen molar-refractivity contribution in [3.8, 4) is 5.75 Å². The molecule has 2 N–H and O–H groups in total. The number of hydrogen-bond acceptors (Lipinski definition) is 3. The highest BCUT2D eigenvalue weighted by Crippen LogP contribution is 2.19. The van der Waals surface area contributed by atoms with Crippen LogP contribution in [0.15, 0.2) is 36.5 Å². The van der Waals surface area contributed by atoms with E-state index in [0.717, 1.165) is 11.4 Å². The molecule has 2 unspecified atom stereocenters. The number of nitrogens with zero attached hydrogens (tertiary/aromatic N) is 2. The molecule has 0 spiro atoms.